The highest BCUT2D eigenvalue weighted by Gasteiger charge is 2.26. The van der Waals surface area contributed by atoms with E-state index in [9.17, 15) is 0 Å². The van der Waals surface area contributed by atoms with E-state index < -0.39 is 0 Å². The molecule has 2 N–H and O–H groups in total. The van der Waals surface area contributed by atoms with Gasteiger partial charge in [0, 0.05) is 17.1 Å². The summed E-state index contributed by atoms with van der Waals surface area (Å²) in [5.41, 5.74) is 8.01. The van der Waals surface area contributed by atoms with Crippen LogP contribution in [0, 0.1) is 6.92 Å². The first-order chi connectivity index (χ1) is 8.74. The molecule has 1 aromatic carbocycles. The summed E-state index contributed by atoms with van der Waals surface area (Å²) in [7, 11) is 0. The van der Waals surface area contributed by atoms with Crippen molar-refractivity contribution in [1.82, 2.24) is 4.98 Å². The Hall–Kier alpha value is -1.61. The molecule has 1 aliphatic carbocycles. The number of hydrogen-bond donors (Lipinski definition) is 1. The van der Waals surface area contributed by atoms with Crippen LogP contribution in [0.1, 0.15) is 25.0 Å². The maximum atomic E-state index is 6.07. The van der Waals surface area contributed by atoms with Gasteiger partial charge in [-0.3, -0.25) is 0 Å². The standard InChI is InChI=1S/C15H18N2O/c1-10-8-9-11-4-2-7-14(15(11)17-10)18-13-6-3-5-12(13)16/h2,4,7-9,12-13H,3,5-6,16H2,1H3. The molecule has 18 heavy (non-hydrogen) atoms. The van der Waals surface area contributed by atoms with Crippen molar-refractivity contribution in [1.29, 1.82) is 0 Å². The minimum Gasteiger partial charge on any atom is -0.487 e. The second-order valence-electron chi connectivity index (χ2n) is 5.03. The molecule has 3 nitrogen and oxygen atoms in total. The minimum absolute atomic E-state index is 0.137. The summed E-state index contributed by atoms with van der Waals surface area (Å²) in [4.78, 5) is 4.58. The summed E-state index contributed by atoms with van der Waals surface area (Å²) in [6, 6.07) is 10.3. The number of ether oxygens (including phenoxy) is 1. The number of para-hydroxylation sites is 1. The molecule has 2 aromatic rings. The van der Waals surface area contributed by atoms with E-state index in [-0.39, 0.29) is 12.1 Å². The fraction of sp³-hybridized carbons (Fsp3) is 0.400. The first kappa shape index (κ1) is 11.5. The monoisotopic (exact) mass is 242 g/mol. The zero-order valence-electron chi connectivity index (χ0n) is 10.6. The normalized spacial score (nSPS) is 23.4. The lowest BCUT2D eigenvalue weighted by Gasteiger charge is -2.18. The lowest BCUT2D eigenvalue weighted by Crippen LogP contribution is -2.33. The maximum absolute atomic E-state index is 6.07. The molecule has 1 fully saturated rings. The molecule has 1 saturated carbocycles. The van der Waals surface area contributed by atoms with Crippen molar-refractivity contribution >= 4 is 10.9 Å². The molecule has 0 aliphatic heterocycles. The number of nitrogens with zero attached hydrogens (tertiary/aromatic N) is 1. The first-order valence-corrected chi connectivity index (χ1v) is 6.52. The van der Waals surface area contributed by atoms with Crippen LogP contribution >= 0.6 is 0 Å². The van der Waals surface area contributed by atoms with Gasteiger partial charge < -0.3 is 10.5 Å². The van der Waals surface area contributed by atoms with E-state index >= 15 is 0 Å². The fourth-order valence-corrected chi connectivity index (χ4v) is 2.58. The molecule has 3 heteroatoms. The van der Waals surface area contributed by atoms with Gasteiger partial charge in [-0.25, -0.2) is 4.98 Å². The van der Waals surface area contributed by atoms with Gasteiger partial charge in [0.25, 0.3) is 0 Å². The molecule has 0 bridgehead atoms. The van der Waals surface area contributed by atoms with E-state index in [2.05, 4.69) is 17.1 Å². The second-order valence-corrected chi connectivity index (χ2v) is 5.03. The SMILES string of the molecule is Cc1ccc2cccc(OC3CCCC3N)c2n1. The van der Waals surface area contributed by atoms with Gasteiger partial charge in [0.2, 0.25) is 0 Å². The summed E-state index contributed by atoms with van der Waals surface area (Å²) in [6.45, 7) is 2.00. The van der Waals surface area contributed by atoms with Crippen molar-refractivity contribution < 1.29 is 4.74 Å². The van der Waals surface area contributed by atoms with Crippen LogP contribution in [0.25, 0.3) is 10.9 Å². The van der Waals surface area contributed by atoms with Gasteiger partial charge in [-0.1, -0.05) is 18.2 Å². The van der Waals surface area contributed by atoms with Crippen molar-refractivity contribution in [3.05, 3.63) is 36.0 Å². The highest BCUT2D eigenvalue weighted by Crippen LogP contribution is 2.28. The maximum Gasteiger partial charge on any atom is 0.146 e. The summed E-state index contributed by atoms with van der Waals surface area (Å²) >= 11 is 0. The molecule has 0 radical (unpaired) electrons. The topological polar surface area (TPSA) is 48.1 Å². The second kappa shape index (κ2) is 4.58. The molecule has 2 atom stereocenters. The Morgan fingerprint density at radius 3 is 2.89 bits per heavy atom. The zero-order valence-corrected chi connectivity index (χ0v) is 10.6. The van der Waals surface area contributed by atoms with Crippen LogP contribution in [0.4, 0.5) is 0 Å². The zero-order chi connectivity index (χ0) is 12.5. The Bertz CT molecular complexity index is 567. The molecule has 3 rings (SSSR count). The Morgan fingerprint density at radius 2 is 2.11 bits per heavy atom. The van der Waals surface area contributed by atoms with Gasteiger partial charge in [0.15, 0.2) is 0 Å². The lowest BCUT2D eigenvalue weighted by molar-refractivity contribution is 0.194. The van der Waals surface area contributed by atoms with E-state index in [1.54, 1.807) is 0 Å². The van der Waals surface area contributed by atoms with Gasteiger partial charge in [-0.05, 0) is 38.3 Å². The van der Waals surface area contributed by atoms with Gasteiger partial charge in [-0.2, -0.15) is 0 Å². The van der Waals surface area contributed by atoms with Crippen LogP contribution in [0.5, 0.6) is 5.75 Å². The van der Waals surface area contributed by atoms with Crippen LogP contribution in [-0.4, -0.2) is 17.1 Å². The molecule has 0 saturated heterocycles. The van der Waals surface area contributed by atoms with Gasteiger partial charge in [0.05, 0.1) is 0 Å². The van der Waals surface area contributed by atoms with Crippen LogP contribution in [0.15, 0.2) is 30.3 Å². The molecule has 2 unspecified atom stereocenters. The van der Waals surface area contributed by atoms with E-state index in [1.165, 1.54) is 0 Å². The molecule has 1 aromatic heterocycles. The summed E-state index contributed by atoms with van der Waals surface area (Å²) < 4.78 is 6.07. The molecule has 0 spiro atoms. The number of hydrogen-bond acceptors (Lipinski definition) is 3. The van der Waals surface area contributed by atoms with Crippen molar-refractivity contribution in [2.75, 3.05) is 0 Å². The average Bonchev–Trinajstić information content (AvgIpc) is 2.76. The Morgan fingerprint density at radius 1 is 1.22 bits per heavy atom. The molecular formula is C15H18N2O. The number of aryl methyl sites for hydroxylation is 1. The van der Waals surface area contributed by atoms with E-state index in [0.29, 0.717) is 0 Å². The largest absolute Gasteiger partial charge is 0.487 e. The fourth-order valence-electron chi connectivity index (χ4n) is 2.58. The smallest absolute Gasteiger partial charge is 0.146 e. The van der Waals surface area contributed by atoms with E-state index in [1.807, 2.05) is 25.1 Å². The first-order valence-electron chi connectivity index (χ1n) is 6.52. The predicted molar refractivity (Wildman–Crippen MR) is 72.7 cm³/mol. The van der Waals surface area contributed by atoms with Crippen molar-refractivity contribution in [3.63, 3.8) is 0 Å². The quantitative estimate of drug-likeness (QED) is 0.881. The summed E-state index contributed by atoms with van der Waals surface area (Å²) in [6.07, 6.45) is 3.40. The van der Waals surface area contributed by atoms with Crippen molar-refractivity contribution in [3.8, 4) is 5.75 Å². The van der Waals surface area contributed by atoms with Crippen LogP contribution < -0.4 is 10.5 Å². The van der Waals surface area contributed by atoms with Crippen molar-refractivity contribution in [2.45, 2.75) is 38.3 Å². The number of benzene rings is 1. The van der Waals surface area contributed by atoms with Gasteiger partial charge in [0.1, 0.15) is 17.4 Å². The highest BCUT2D eigenvalue weighted by molar-refractivity contribution is 5.84. The number of fused-ring (bicyclic) bond motifs is 1. The van der Waals surface area contributed by atoms with E-state index in [0.717, 1.165) is 41.6 Å². The molecule has 94 valence electrons. The summed E-state index contributed by atoms with van der Waals surface area (Å²) in [5, 5.41) is 1.12. The molecule has 0 amide bonds. The van der Waals surface area contributed by atoms with Crippen molar-refractivity contribution in [2.24, 2.45) is 5.73 Å². The minimum atomic E-state index is 0.137. The molecular weight excluding hydrogens is 224 g/mol. The van der Waals surface area contributed by atoms with E-state index in [4.69, 9.17) is 10.5 Å². The highest BCUT2D eigenvalue weighted by atomic mass is 16.5. The van der Waals surface area contributed by atoms with Crippen LogP contribution in [0.2, 0.25) is 0 Å². The van der Waals surface area contributed by atoms with Gasteiger partial charge in [-0.15, -0.1) is 0 Å². The van der Waals surface area contributed by atoms with Crippen LogP contribution in [0.3, 0.4) is 0 Å². The lowest BCUT2D eigenvalue weighted by atomic mass is 10.2. The third-order valence-corrected chi connectivity index (χ3v) is 3.60. The molecule has 1 heterocycles. The number of nitrogens with two attached hydrogens (primary N) is 1. The number of rotatable bonds is 2. The number of pyridine rings is 1. The number of aromatic nitrogens is 1. The Labute approximate surface area is 107 Å². The summed E-state index contributed by atoms with van der Waals surface area (Å²) in [5.74, 6) is 0.860. The van der Waals surface area contributed by atoms with Gasteiger partial charge >= 0.3 is 0 Å². The third-order valence-electron chi connectivity index (χ3n) is 3.60. The molecule has 1 aliphatic rings. The third kappa shape index (κ3) is 2.06. The Balaban J connectivity index is 1.98. The van der Waals surface area contributed by atoms with Crippen LogP contribution in [-0.2, 0) is 0 Å². The Kier molecular flexibility index (Phi) is 2.92. The predicted octanol–water partition coefficient (Wildman–Crippen LogP) is 2.80. The average molecular weight is 242 g/mol.